The minimum Gasteiger partial charge on any atom is -0.319 e. The largest absolute Gasteiger partial charge is 0.319 e. The minimum atomic E-state index is 0.702. The monoisotopic (exact) mass is 198 g/mol. The Morgan fingerprint density at radius 2 is 2.00 bits per heavy atom. The number of thiophene rings is 1. The van der Waals surface area contributed by atoms with Gasteiger partial charge in [0, 0.05) is 4.88 Å². The molecule has 0 aliphatic carbocycles. The van der Waals surface area contributed by atoms with Crippen molar-refractivity contribution < 1.29 is 0 Å². The van der Waals surface area contributed by atoms with E-state index < -0.39 is 0 Å². The van der Waals surface area contributed by atoms with Crippen LogP contribution in [-0.2, 0) is 6.42 Å². The highest BCUT2D eigenvalue weighted by molar-refractivity contribution is 7.09. The summed E-state index contributed by atoms with van der Waals surface area (Å²) >= 11 is 1.85. The van der Waals surface area contributed by atoms with Crippen molar-refractivity contribution in [3.63, 3.8) is 0 Å². The smallest absolute Gasteiger partial charge is 0.00489 e. The van der Waals surface area contributed by atoms with Gasteiger partial charge in [-0.1, -0.05) is 6.07 Å². The molecule has 0 radical (unpaired) electrons. The van der Waals surface area contributed by atoms with Gasteiger partial charge in [0.05, 0.1) is 0 Å². The molecule has 1 rings (SSSR count). The minimum absolute atomic E-state index is 0.702. The molecule has 1 heterocycles. The molecule has 0 amide bonds. The van der Waals surface area contributed by atoms with E-state index in [9.17, 15) is 0 Å². The molecule has 74 valence electrons. The lowest BCUT2D eigenvalue weighted by Gasteiger charge is -2.14. The van der Waals surface area contributed by atoms with Crippen LogP contribution in [0.2, 0.25) is 0 Å². The van der Waals surface area contributed by atoms with E-state index in [1.807, 2.05) is 25.4 Å². The molecule has 2 N–H and O–H groups in total. The number of nitrogens with one attached hydrogen (secondary N) is 2. The van der Waals surface area contributed by atoms with Crippen LogP contribution in [0.25, 0.3) is 0 Å². The molecule has 2 nitrogen and oxygen atoms in total. The highest BCUT2D eigenvalue weighted by atomic mass is 32.1. The highest BCUT2D eigenvalue weighted by Crippen LogP contribution is 2.13. The summed E-state index contributed by atoms with van der Waals surface area (Å²) in [5.41, 5.74) is 0. The van der Waals surface area contributed by atoms with Gasteiger partial charge in [-0.3, -0.25) is 0 Å². The van der Waals surface area contributed by atoms with Crippen molar-refractivity contribution in [2.75, 3.05) is 27.2 Å². The summed E-state index contributed by atoms with van der Waals surface area (Å²) in [5.74, 6) is 0.702. The standard InChI is InChI=1S/C10H18N2S/c1-11-7-9(8-12-2)6-10-4-3-5-13-10/h3-5,9,11-12H,6-8H2,1-2H3. The second kappa shape index (κ2) is 6.13. The summed E-state index contributed by atoms with van der Waals surface area (Å²) in [5, 5.41) is 8.60. The fourth-order valence-corrected chi connectivity index (χ4v) is 2.33. The maximum Gasteiger partial charge on any atom is 0.00489 e. The van der Waals surface area contributed by atoms with Crippen molar-refractivity contribution in [1.82, 2.24) is 10.6 Å². The van der Waals surface area contributed by atoms with Crippen molar-refractivity contribution in [2.24, 2.45) is 5.92 Å². The number of hydrogen-bond acceptors (Lipinski definition) is 3. The molecule has 1 aromatic rings. The van der Waals surface area contributed by atoms with Crippen molar-refractivity contribution in [2.45, 2.75) is 6.42 Å². The molecule has 0 aromatic carbocycles. The highest BCUT2D eigenvalue weighted by Gasteiger charge is 2.07. The molecule has 0 bridgehead atoms. The molecule has 1 aromatic heterocycles. The molecular formula is C10H18N2S. The van der Waals surface area contributed by atoms with Crippen molar-refractivity contribution in [3.05, 3.63) is 22.4 Å². The summed E-state index contributed by atoms with van der Waals surface area (Å²) in [7, 11) is 4.02. The van der Waals surface area contributed by atoms with Gasteiger partial charge in [0.25, 0.3) is 0 Å². The second-order valence-corrected chi connectivity index (χ2v) is 4.30. The summed E-state index contributed by atoms with van der Waals surface area (Å²) in [6.45, 7) is 2.16. The first-order chi connectivity index (χ1) is 6.36. The van der Waals surface area contributed by atoms with Gasteiger partial charge in [0.15, 0.2) is 0 Å². The number of hydrogen-bond donors (Lipinski definition) is 2. The Morgan fingerprint density at radius 1 is 1.31 bits per heavy atom. The first-order valence-corrected chi connectivity index (χ1v) is 5.56. The lowest BCUT2D eigenvalue weighted by molar-refractivity contribution is 0.476. The van der Waals surface area contributed by atoms with Crippen LogP contribution in [0.3, 0.4) is 0 Å². The molecule has 0 saturated carbocycles. The molecule has 0 unspecified atom stereocenters. The van der Waals surface area contributed by atoms with Crippen LogP contribution in [0.4, 0.5) is 0 Å². The van der Waals surface area contributed by atoms with Crippen LogP contribution in [0, 0.1) is 5.92 Å². The molecule has 3 heteroatoms. The van der Waals surface area contributed by atoms with Gasteiger partial charge in [-0.2, -0.15) is 0 Å². The van der Waals surface area contributed by atoms with E-state index in [-0.39, 0.29) is 0 Å². The Hall–Kier alpha value is -0.380. The van der Waals surface area contributed by atoms with Gasteiger partial charge >= 0.3 is 0 Å². The van der Waals surface area contributed by atoms with Gasteiger partial charge in [0.1, 0.15) is 0 Å². The van der Waals surface area contributed by atoms with Crippen LogP contribution in [-0.4, -0.2) is 27.2 Å². The summed E-state index contributed by atoms with van der Waals surface area (Å²) < 4.78 is 0. The lowest BCUT2D eigenvalue weighted by Crippen LogP contribution is -2.29. The van der Waals surface area contributed by atoms with Gasteiger partial charge in [-0.15, -0.1) is 11.3 Å². The first kappa shape index (κ1) is 10.7. The zero-order chi connectivity index (χ0) is 9.52. The van der Waals surface area contributed by atoms with E-state index in [1.54, 1.807) is 0 Å². The third-order valence-electron chi connectivity index (χ3n) is 2.06. The Bertz CT molecular complexity index is 203. The summed E-state index contributed by atoms with van der Waals surface area (Å²) in [6.07, 6.45) is 1.18. The molecule has 0 aliphatic heterocycles. The van der Waals surface area contributed by atoms with Gasteiger partial charge < -0.3 is 10.6 Å². The molecule has 0 saturated heterocycles. The predicted molar refractivity (Wildman–Crippen MR) is 59.4 cm³/mol. The molecule has 13 heavy (non-hydrogen) atoms. The van der Waals surface area contributed by atoms with Crippen LogP contribution < -0.4 is 10.6 Å². The predicted octanol–water partition coefficient (Wildman–Crippen LogP) is 1.35. The Labute approximate surface area is 84.4 Å². The summed E-state index contributed by atoms with van der Waals surface area (Å²) in [4.78, 5) is 1.48. The Kier molecular flexibility index (Phi) is 5.05. The second-order valence-electron chi connectivity index (χ2n) is 3.26. The average molecular weight is 198 g/mol. The Morgan fingerprint density at radius 3 is 2.46 bits per heavy atom. The maximum absolute atomic E-state index is 3.23. The molecule has 0 spiro atoms. The average Bonchev–Trinajstić information content (AvgIpc) is 2.58. The fraction of sp³-hybridized carbons (Fsp3) is 0.600. The first-order valence-electron chi connectivity index (χ1n) is 4.68. The zero-order valence-electron chi connectivity index (χ0n) is 8.34. The van der Waals surface area contributed by atoms with Crippen LogP contribution in [0.1, 0.15) is 4.88 Å². The molecule has 0 aliphatic rings. The van der Waals surface area contributed by atoms with E-state index in [0.29, 0.717) is 5.92 Å². The lowest BCUT2D eigenvalue weighted by atomic mass is 10.0. The van der Waals surface area contributed by atoms with Gasteiger partial charge in [-0.25, -0.2) is 0 Å². The zero-order valence-corrected chi connectivity index (χ0v) is 9.16. The molecule has 0 atom stereocenters. The van der Waals surface area contributed by atoms with E-state index in [0.717, 1.165) is 13.1 Å². The summed E-state index contributed by atoms with van der Waals surface area (Å²) in [6, 6.07) is 4.33. The van der Waals surface area contributed by atoms with E-state index in [2.05, 4.69) is 28.1 Å². The fourth-order valence-electron chi connectivity index (χ4n) is 1.51. The van der Waals surface area contributed by atoms with E-state index in [1.165, 1.54) is 11.3 Å². The quantitative estimate of drug-likeness (QED) is 0.721. The van der Waals surface area contributed by atoms with Crippen LogP contribution in [0.15, 0.2) is 17.5 Å². The van der Waals surface area contributed by atoms with Gasteiger partial charge in [-0.05, 0) is 51.0 Å². The molecule has 0 fully saturated rings. The van der Waals surface area contributed by atoms with E-state index >= 15 is 0 Å². The third kappa shape index (κ3) is 3.89. The van der Waals surface area contributed by atoms with Crippen molar-refractivity contribution >= 4 is 11.3 Å². The van der Waals surface area contributed by atoms with Crippen LogP contribution >= 0.6 is 11.3 Å². The maximum atomic E-state index is 3.23. The normalized spacial score (nSPS) is 11.0. The van der Waals surface area contributed by atoms with Crippen molar-refractivity contribution in [3.8, 4) is 0 Å². The van der Waals surface area contributed by atoms with Crippen molar-refractivity contribution in [1.29, 1.82) is 0 Å². The van der Waals surface area contributed by atoms with Crippen LogP contribution in [0.5, 0.6) is 0 Å². The Balaban J connectivity index is 2.37. The number of rotatable bonds is 6. The molecular weight excluding hydrogens is 180 g/mol. The van der Waals surface area contributed by atoms with Gasteiger partial charge in [0.2, 0.25) is 0 Å². The van der Waals surface area contributed by atoms with E-state index in [4.69, 9.17) is 0 Å². The topological polar surface area (TPSA) is 24.1 Å². The SMILES string of the molecule is CNCC(CNC)Cc1cccs1. The third-order valence-corrected chi connectivity index (χ3v) is 2.95.